The van der Waals surface area contributed by atoms with Crippen LogP contribution in [0.1, 0.15) is 32.6 Å². The summed E-state index contributed by atoms with van der Waals surface area (Å²) in [6.45, 7) is 2.07. The largest absolute Gasteiger partial charge is 0.335 e. The van der Waals surface area contributed by atoms with Gasteiger partial charge in [0.05, 0.1) is 5.75 Å². The lowest BCUT2D eigenvalue weighted by atomic mass is 9.86. The fraction of sp³-hybridized carbons (Fsp3) is 0.529. The smallest absolute Gasteiger partial charge is 0.322 e. The molecule has 1 aromatic heterocycles. The van der Waals surface area contributed by atoms with E-state index in [-0.39, 0.29) is 29.2 Å². The van der Waals surface area contributed by atoms with Gasteiger partial charge in [-0.3, -0.25) is 0 Å². The molecular weight excluding hydrogens is 378 g/mol. The Morgan fingerprint density at radius 1 is 1.15 bits per heavy atom. The van der Waals surface area contributed by atoms with Gasteiger partial charge in [0.25, 0.3) is 0 Å². The molecule has 1 aromatic carbocycles. The van der Waals surface area contributed by atoms with E-state index in [2.05, 4.69) is 20.2 Å². The van der Waals surface area contributed by atoms with E-state index >= 15 is 0 Å². The Hall–Kier alpha value is -2.07. The van der Waals surface area contributed by atoms with Gasteiger partial charge in [0.1, 0.15) is 11.6 Å². The predicted molar refractivity (Wildman–Crippen MR) is 96.5 cm³/mol. The lowest BCUT2D eigenvalue weighted by molar-refractivity contribution is 0.330. The van der Waals surface area contributed by atoms with Crippen LogP contribution in [0.2, 0.25) is 0 Å². The zero-order chi connectivity index (χ0) is 19.4. The topological polar surface area (TPSA) is 97.1 Å². The number of rotatable bonds is 7. The van der Waals surface area contributed by atoms with E-state index in [0.29, 0.717) is 12.5 Å². The second-order valence-corrected chi connectivity index (χ2v) is 8.79. The molecule has 7 nitrogen and oxygen atoms in total. The van der Waals surface area contributed by atoms with Crippen LogP contribution in [0.15, 0.2) is 22.7 Å². The van der Waals surface area contributed by atoms with Gasteiger partial charge in [0.2, 0.25) is 15.8 Å². The Morgan fingerprint density at radius 3 is 2.44 bits per heavy atom. The lowest BCUT2D eigenvalue weighted by Gasteiger charge is -2.28. The summed E-state index contributed by atoms with van der Waals surface area (Å²) >= 11 is 0. The molecule has 0 spiro atoms. The molecule has 0 radical (unpaired) electrons. The van der Waals surface area contributed by atoms with Crippen molar-refractivity contribution in [3.63, 3.8) is 0 Å². The molecule has 1 fully saturated rings. The Balaban J connectivity index is 1.52. The highest BCUT2D eigenvalue weighted by atomic mass is 32.2. The van der Waals surface area contributed by atoms with Crippen molar-refractivity contribution >= 4 is 16.0 Å². The van der Waals surface area contributed by atoms with Crippen LogP contribution < -0.4 is 10.0 Å². The summed E-state index contributed by atoms with van der Waals surface area (Å²) in [5.41, 5.74) is 0.205. The standard InChI is InChI=1S/C17H22F2N4O3S/c1-2-27(24,25)20-10-11-3-5-15(6-4-11)21-17-22-16(23-26-17)12-7-13(18)9-14(19)8-12/h7-9,11,15,20H,2-6,10H2,1H3,(H,21,22,23)/t11-,15-. The van der Waals surface area contributed by atoms with Crippen LogP contribution in [0.5, 0.6) is 0 Å². The first-order valence-electron chi connectivity index (χ1n) is 8.88. The van der Waals surface area contributed by atoms with Crippen molar-refractivity contribution in [2.75, 3.05) is 17.6 Å². The molecule has 27 heavy (non-hydrogen) atoms. The maximum atomic E-state index is 13.3. The molecule has 0 amide bonds. The van der Waals surface area contributed by atoms with Crippen molar-refractivity contribution in [2.24, 2.45) is 5.92 Å². The number of nitrogens with one attached hydrogen (secondary N) is 2. The summed E-state index contributed by atoms with van der Waals surface area (Å²) in [7, 11) is -3.16. The zero-order valence-corrected chi connectivity index (χ0v) is 15.7. The Kier molecular flexibility index (Phi) is 6.05. The molecule has 2 N–H and O–H groups in total. The quantitative estimate of drug-likeness (QED) is 0.742. The number of nitrogens with zero attached hydrogens (tertiary/aromatic N) is 2. The van der Waals surface area contributed by atoms with Gasteiger partial charge in [-0.1, -0.05) is 5.16 Å². The van der Waals surface area contributed by atoms with E-state index in [0.717, 1.165) is 43.9 Å². The average molecular weight is 400 g/mol. The molecule has 1 aliphatic carbocycles. The fourth-order valence-corrected chi connectivity index (χ4v) is 3.81. The van der Waals surface area contributed by atoms with Crippen LogP contribution in [-0.4, -0.2) is 36.9 Å². The Labute approximate surface area is 156 Å². The first-order chi connectivity index (χ1) is 12.8. The molecule has 0 saturated heterocycles. The zero-order valence-electron chi connectivity index (χ0n) is 14.9. The molecule has 148 valence electrons. The highest BCUT2D eigenvalue weighted by molar-refractivity contribution is 7.89. The van der Waals surface area contributed by atoms with Crippen molar-refractivity contribution in [1.82, 2.24) is 14.9 Å². The minimum absolute atomic E-state index is 0.0820. The summed E-state index contributed by atoms with van der Waals surface area (Å²) in [6.07, 6.45) is 3.43. The first kappa shape index (κ1) is 19.7. The van der Waals surface area contributed by atoms with Crippen LogP contribution in [0.4, 0.5) is 14.8 Å². The number of halogens is 2. The lowest BCUT2D eigenvalue weighted by Crippen LogP contribution is -2.34. The highest BCUT2D eigenvalue weighted by Gasteiger charge is 2.23. The molecule has 1 heterocycles. The van der Waals surface area contributed by atoms with Crippen LogP contribution in [0.25, 0.3) is 11.4 Å². The Bertz CT molecular complexity index is 860. The average Bonchev–Trinajstić information content (AvgIpc) is 3.09. The van der Waals surface area contributed by atoms with Crippen molar-refractivity contribution in [1.29, 1.82) is 0 Å². The molecule has 0 atom stereocenters. The predicted octanol–water partition coefficient (Wildman–Crippen LogP) is 2.92. The fourth-order valence-electron chi connectivity index (χ4n) is 3.11. The third kappa shape index (κ3) is 5.46. The van der Waals surface area contributed by atoms with Crippen molar-refractivity contribution < 1.29 is 21.7 Å². The van der Waals surface area contributed by atoms with E-state index in [4.69, 9.17) is 4.52 Å². The van der Waals surface area contributed by atoms with Gasteiger partial charge >= 0.3 is 6.01 Å². The number of hydrogen-bond acceptors (Lipinski definition) is 6. The van der Waals surface area contributed by atoms with Crippen molar-refractivity contribution in [2.45, 2.75) is 38.6 Å². The number of sulfonamides is 1. The van der Waals surface area contributed by atoms with Crippen LogP contribution >= 0.6 is 0 Å². The minimum atomic E-state index is -3.16. The van der Waals surface area contributed by atoms with Crippen LogP contribution in [-0.2, 0) is 10.0 Å². The summed E-state index contributed by atoms with van der Waals surface area (Å²) in [6, 6.07) is 3.38. The van der Waals surface area contributed by atoms with Crippen LogP contribution in [0, 0.1) is 17.6 Å². The summed E-state index contributed by atoms with van der Waals surface area (Å²) in [4.78, 5) is 4.14. The number of aromatic nitrogens is 2. The molecule has 2 aromatic rings. The molecule has 0 aliphatic heterocycles. The second kappa shape index (κ2) is 8.30. The van der Waals surface area contributed by atoms with Gasteiger partial charge in [0, 0.05) is 24.2 Å². The van der Waals surface area contributed by atoms with Crippen LogP contribution in [0.3, 0.4) is 0 Å². The summed E-state index contributed by atoms with van der Waals surface area (Å²) in [5.74, 6) is -0.919. The molecule has 0 unspecified atom stereocenters. The third-order valence-corrected chi connectivity index (χ3v) is 6.06. The number of hydrogen-bond donors (Lipinski definition) is 2. The van der Waals surface area contributed by atoms with E-state index < -0.39 is 21.7 Å². The molecule has 3 rings (SSSR count). The monoisotopic (exact) mass is 400 g/mol. The molecule has 1 aliphatic rings. The second-order valence-electron chi connectivity index (χ2n) is 6.70. The van der Waals surface area contributed by atoms with E-state index in [9.17, 15) is 17.2 Å². The molecular formula is C17H22F2N4O3S. The Morgan fingerprint density at radius 2 is 1.81 bits per heavy atom. The van der Waals surface area contributed by atoms with Gasteiger partial charge < -0.3 is 9.84 Å². The maximum absolute atomic E-state index is 13.3. The SMILES string of the molecule is CCS(=O)(=O)NC[C@H]1CC[C@H](Nc2nc(-c3cc(F)cc(F)c3)no2)CC1. The van der Waals surface area contributed by atoms with Gasteiger partial charge in [0.15, 0.2) is 0 Å². The minimum Gasteiger partial charge on any atom is -0.335 e. The number of benzene rings is 1. The summed E-state index contributed by atoms with van der Waals surface area (Å²) in [5, 5.41) is 6.89. The molecule has 1 saturated carbocycles. The molecule has 0 bridgehead atoms. The first-order valence-corrected chi connectivity index (χ1v) is 10.5. The van der Waals surface area contributed by atoms with E-state index in [1.807, 2.05) is 0 Å². The van der Waals surface area contributed by atoms with Gasteiger partial charge in [-0.05, 0) is 50.7 Å². The summed E-state index contributed by atoms with van der Waals surface area (Å²) < 4.78 is 57.4. The van der Waals surface area contributed by atoms with Crippen molar-refractivity contribution in [3.8, 4) is 11.4 Å². The van der Waals surface area contributed by atoms with E-state index in [1.165, 1.54) is 0 Å². The highest BCUT2D eigenvalue weighted by Crippen LogP contribution is 2.27. The molecule has 10 heteroatoms. The normalized spacial score (nSPS) is 20.6. The van der Waals surface area contributed by atoms with Gasteiger partial charge in [-0.15, -0.1) is 0 Å². The van der Waals surface area contributed by atoms with Crippen molar-refractivity contribution in [3.05, 3.63) is 29.8 Å². The maximum Gasteiger partial charge on any atom is 0.322 e. The van der Waals surface area contributed by atoms with Gasteiger partial charge in [-0.25, -0.2) is 21.9 Å². The number of anilines is 1. The van der Waals surface area contributed by atoms with Gasteiger partial charge in [-0.2, -0.15) is 4.98 Å². The third-order valence-electron chi connectivity index (χ3n) is 4.69. The van der Waals surface area contributed by atoms with E-state index in [1.54, 1.807) is 6.92 Å².